The first kappa shape index (κ1) is 23.8. The quantitative estimate of drug-likeness (QED) is 0.247. The molecule has 0 bridgehead atoms. The number of aryl methyl sites for hydroxylation is 1. The van der Waals surface area contributed by atoms with E-state index in [1.54, 1.807) is 36.4 Å². The topological polar surface area (TPSA) is 156 Å². The van der Waals surface area contributed by atoms with Crippen LogP contribution in [-0.2, 0) is 11.2 Å². The van der Waals surface area contributed by atoms with Gasteiger partial charge in [-0.3, -0.25) is 4.79 Å². The molecule has 8 N–H and O–H groups in total. The number of nitrogens with one attached hydrogen (secondary N) is 1. The van der Waals surface area contributed by atoms with Crippen molar-refractivity contribution >= 4 is 31.1 Å². The van der Waals surface area contributed by atoms with Gasteiger partial charge in [0.2, 0.25) is 0 Å². The average Bonchev–Trinajstić information content (AvgIpc) is 2.62. The summed E-state index contributed by atoms with van der Waals surface area (Å²) in [6, 6.07) is 13.7. The van der Waals surface area contributed by atoms with Gasteiger partial charge in [0, 0.05) is 12.6 Å². The van der Waals surface area contributed by atoms with Crippen LogP contribution in [0.1, 0.15) is 11.1 Å². The Labute approximate surface area is 164 Å². The molecule has 0 aliphatic heterocycles. The highest BCUT2D eigenvalue weighted by molar-refractivity contribution is 6.58. The van der Waals surface area contributed by atoms with Crippen molar-refractivity contribution in [2.75, 3.05) is 13.1 Å². The highest BCUT2D eigenvalue weighted by atomic mass is 16.4. The van der Waals surface area contributed by atoms with Crippen molar-refractivity contribution in [3.63, 3.8) is 0 Å². The second-order valence-electron chi connectivity index (χ2n) is 6.39. The molecule has 0 fully saturated rings. The summed E-state index contributed by atoms with van der Waals surface area (Å²) < 4.78 is 0. The van der Waals surface area contributed by atoms with E-state index in [0.29, 0.717) is 23.9 Å². The van der Waals surface area contributed by atoms with Crippen molar-refractivity contribution in [1.29, 1.82) is 0 Å². The zero-order chi connectivity index (χ0) is 21.1. The summed E-state index contributed by atoms with van der Waals surface area (Å²) in [6.45, 7) is 2.26. The maximum atomic E-state index is 10.3. The highest BCUT2D eigenvalue weighted by Crippen LogP contribution is 2.00. The molecule has 0 radical (unpaired) electrons. The number of nitrogens with two attached hydrogens (primary N) is 1. The summed E-state index contributed by atoms with van der Waals surface area (Å²) in [5, 5.41) is 46.4. The lowest BCUT2D eigenvalue weighted by atomic mass is 9.80. The zero-order valence-corrected chi connectivity index (χ0v) is 15.7. The largest absolute Gasteiger partial charge is 0.488 e. The molecular weight excluding hydrogens is 362 g/mol. The van der Waals surface area contributed by atoms with Crippen molar-refractivity contribution in [2.45, 2.75) is 19.4 Å². The Morgan fingerprint density at radius 2 is 1.43 bits per heavy atom. The molecule has 28 heavy (non-hydrogen) atoms. The molecule has 2 rings (SSSR count). The van der Waals surface area contributed by atoms with E-state index < -0.39 is 20.2 Å². The summed E-state index contributed by atoms with van der Waals surface area (Å²) in [7, 11) is -2.81. The van der Waals surface area contributed by atoms with E-state index in [1.807, 2.05) is 19.1 Å². The van der Waals surface area contributed by atoms with Gasteiger partial charge in [0.15, 0.2) is 0 Å². The van der Waals surface area contributed by atoms with E-state index in [9.17, 15) is 4.79 Å². The van der Waals surface area contributed by atoms with E-state index in [2.05, 4.69) is 5.32 Å². The maximum Gasteiger partial charge on any atom is 0.488 e. The monoisotopic (exact) mass is 388 g/mol. The fourth-order valence-corrected chi connectivity index (χ4v) is 2.30. The number of hydrogen-bond acceptors (Lipinski definition) is 7. The van der Waals surface area contributed by atoms with Gasteiger partial charge in [0.05, 0.1) is 6.54 Å². The molecule has 0 amide bonds. The minimum absolute atomic E-state index is 0.108. The normalized spacial score (nSPS) is 11.2. The first-order chi connectivity index (χ1) is 13.2. The standard InChI is InChI=1S/C11H17BN2O4.C7H9BO2/c13-10(6-14-7-11(15)16)5-8-1-3-9(4-2-8)12(17)18;1-6-2-4-7(5-3-6)8(9)10/h1-4,10,14,17-18H,5-7,13H2,(H,15,16);2-5,9-10H,1H3. The summed E-state index contributed by atoms with van der Waals surface area (Å²) in [4.78, 5) is 10.3. The molecule has 10 heteroatoms. The molecule has 0 heterocycles. The fourth-order valence-electron chi connectivity index (χ4n) is 2.30. The maximum absolute atomic E-state index is 10.3. The predicted octanol–water partition coefficient (Wildman–Crippen LogP) is -2.41. The number of carboxylic acid groups (broad SMARTS) is 1. The molecule has 0 spiro atoms. The molecule has 0 aliphatic carbocycles. The van der Waals surface area contributed by atoms with Crippen LogP contribution in [-0.4, -0.2) is 64.5 Å². The van der Waals surface area contributed by atoms with Crippen LogP contribution in [0.5, 0.6) is 0 Å². The van der Waals surface area contributed by atoms with Crippen molar-refractivity contribution in [2.24, 2.45) is 5.73 Å². The van der Waals surface area contributed by atoms with Crippen LogP contribution in [0.3, 0.4) is 0 Å². The Kier molecular flexibility index (Phi) is 10.5. The van der Waals surface area contributed by atoms with Crippen LogP contribution in [0.4, 0.5) is 0 Å². The van der Waals surface area contributed by atoms with Gasteiger partial charge in [-0.05, 0) is 29.8 Å². The fraction of sp³-hybridized carbons (Fsp3) is 0.278. The van der Waals surface area contributed by atoms with Crippen molar-refractivity contribution < 1.29 is 30.0 Å². The molecule has 150 valence electrons. The molecule has 1 atom stereocenters. The smallest absolute Gasteiger partial charge is 0.480 e. The predicted molar refractivity (Wildman–Crippen MR) is 109 cm³/mol. The van der Waals surface area contributed by atoms with Crippen LogP contribution in [0.2, 0.25) is 0 Å². The van der Waals surface area contributed by atoms with Gasteiger partial charge in [0.1, 0.15) is 0 Å². The molecule has 0 saturated heterocycles. The van der Waals surface area contributed by atoms with Crippen LogP contribution in [0, 0.1) is 6.92 Å². The molecule has 0 aromatic heterocycles. The van der Waals surface area contributed by atoms with E-state index in [4.69, 9.17) is 30.9 Å². The lowest BCUT2D eigenvalue weighted by Crippen LogP contribution is -2.37. The third-order valence-electron chi connectivity index (χ3n) is 3.83. The first-order valence-electron chi connectivity index (χ1n) is 8.74. The Bertz CT molecular complexity index is 711. The number of rotatable bonds is 8. The minimum Gasteiger partial charge on any atom is -0.480 e. The summed E-state index contributed by atoms with van der Waals surface area (Å²) >= 11 is 0. The lowest BCUT2D eigenvalue weighted by Gasteiger charge is -2.12. The Balaban J connectivity index is 0.000000330. The number of hydrogen-bond donors (Lipinski definition) is 7. The van der Waals surface area contributed by atoms with E-state index in [1.165, 1.54) is 0 Å². The van der Waals surface area contributed by atoms with Gasteiger partial charge < -0.3 is 36.3 Å². The van der Waals surface area contributed by atoms with Crippen LogP contribution in [0.15, 0.2) is 48.5 Å². The molecule has 0 aliphatic rings. The molecule has 1 unspecified atom stereocenters. The first-order valence-corrected chi connectivity index (χ1v) is 8.74. The van der Waals surface area contributed by atoms with E-state index >= 15 is 0 Å². The number of carboxylic acids is 1. The van der Waals surface area contributed by atoms with Gasteiger partial charge in [-0.1, -0.05) is 54.1 Å². The van der Waals surface area contributed by atoms with Gasteiger partial charge in [-0.2, -0.15) is 0 Å². The number of benzene rings is 2. The van der Waals surface area contributed by atoms with Gasteiger partial charge in [-0.15, -0.1) is 0 Å². The third-order valence-corrected chi connectivity index (χ3v) is 3.83. The second kappa shape index (κ2) is 12.3. The Hall–Kier alpha value is -2.20. The lowest BCUT2D eigenvalue weighted by molar-refractivity contribution is -0.135. The van der Waals surface area contributed by atoms with Crippen molar-refractivity contribution in [3.05, 3.63) is 59.7 Å². The van der Waals surface area contributed by atoms with Crippen molar-refractivity contribution in [3.8, 4) is 0 Å². The molecular formula is C18H26B2N2O6. The van der Waals surface area contributed by atoms with Crippen LogP contribution in [0.25, 0.3) is 0 Å². The summed E-state index contributed by atoms with van der Waals surface area (Å²) in [5.41, 5.74) is 8.87. The van der Waals surface area contributed by atoms with Gasteiger partial charge >= 0.3 is 20.2 Å². The van der Waals surface area contributed by atoms with Gasteiger partial charge in [0.25, 0.3) is 0 Å². The minimum atomic E-state index is -1.47. The summed E-state index contributed by atoms with van der Waals surface area (Å²) in [6.07, 6.45) is 0.592. The van der Waals surface area contributed by atoms with Gasteiger partial charge in [-0.25, -0.2) is 0 Å². The van der Waals surface area contributed by atoms with Crippen LogP contribution < -0.4 is 22.0 Å². The SMILES string of the molecule is Cc1ccc(B(O)O)cc1.NC(CNCC(=O)O)Cc1ccc(B(O)O)cc1. The molecule has 2 aromatic rings. The highest BCUT2D eigenvalue weighted by Gasteiger charge is 2.11. The number of aliphatic carboxylic acids is 1. The Morgan fingerprint density at radius 1 is 0.964 bits per heavy atom. The summed E-state index contributed by atoms with van der Waals surface area (Å²) in [5.74, 6) is -0.913. The molecule has 0 saturated carbocycles. The average molecular weight is 388 g/mol. The van der Waals surface area contributed by atoms with Crippen LogP contribution >= 0.6 is 0 Å². The van der Waals surface area contributed by atoms with E-state index in [-0.39, 0.29) is 12.6 Å². The Morgan fingerprint density at radius 3 is 1.86 bits per heavy atom. The van der Waals surface area contributed by atoms with E-state index in [0.717, 1.165) is 11.1 Å². The number of carbonyl (C=O) groups is 1. The molecule has 2 aromatic carbocycles. The molecule has 8 nitrogen and oxygen atoms in total. The third kappa shape index (κ3) is 9.65. The second-order valence-corrected chi connectivity index (χ2v) is 6.39. The zero-order valence-electron chi connectivity index (χ0n) is 15.7. The van der Waals surface area contributed by atoms with Crippen molar-refractivity contribution in [1.82, 2.24) is 5.32 Å².